The van der Waals surface area contributed by atoms with Crippen molar-refractivity contribution in [3.63, 3.8) is 0 Å². The van der Waals surface area contributed by atoms with Crippen molar-refractivity contribution in [2.24, 2.45) is 0 Å². The summed E-state index contributed by atoms with van der Waals surface area (Å²) in [6.07, 6.45) is 1.54. The fourth-order valence-corrected chi connectivity index (χ4v) is 2.73. The number of hydrogen-bond acceptors (Lipinski definition) is 5. The van der Waals surface area contributed by atoms with Gasteiger partial charge in [0.15, 0.2) is 5.65 Å². The molecule has 0 aliphatic rings. The highest BCUT2D eigenvalue weighted by Crippen LogP contribution is 2.19. The molecule has 0 saturated carbocycles. The van der Waals surface area contributed by atoms with E-state index in [0.717, 1.165) is 5.56 Å². The van der Waals surface area contributed by atoms with Crippen molar-refractivity contribution in [3.8, 4) is 0 Å². The molecule has 1 unspecified atom stereocenters. The van der Waals surface area contributed by atoms with Crippen LogP contribution in [0.3, 0.4) is 0 Å². The van der Waals surface area contributed by atoms with Gasteiger partial charge in [0.05, 0.1) is 18.3 Å². The Kier molecular flexibility index (Phi) is 4.59. The van der Waals surface area contributed by atoms with E-state index in [4.69, 9.17) is 0 Å². The molecule has 7 heteroatoms. The molecular formula is C18H23N5O2. The lowest BCUT2D eigenvalue weighted by Gasteiger charge is -2.20. The molecule has 0 aliphatic heterocycles. The van der Waals surface area contributed by atoms with Crippen LogP contribution in [0, 0.1) is 0 Å². The Morgan fingerprint density at radius 3 is 2.64 bits per heavy atom. The Hall–Kier alpha value is -2.67. The van der Waals surface area contributed by atoms with Gasteiger partial charge in [0.1, 0.15) is 5.39 Å². The van der Waals surface area contributed by atoms with Gasteiger partial charge in [-0.15, -0.1) is 0 Å². The summed E-state index contributed by atoms with van der Waals surface area (Å²) >= 11 is 0. The molecule has 0 amide bonds. The van der Waals surface area contributed by atoms with E-state index in [9.17, 15) is 9.90 Å². The van der Waals surface area contributed by atoms with Gasteiger partial charge in [0, 0.05) is 12.5 Å². The molecule has 2 heterocycles. The molecule has 1 aromatic carbocycles. The zero-order valence-corrected chi connectivity index (χ0v) is 14.7. The molecule has 1 atom stereocenters. The molecule has 0 bridgehead atoms. The van der Waals surface area contributed by atoms with Crippen molar-refractivity contribution in [2.75, 3.05) is 18.5 Å². The number of aliphatic hydroxyl groups excluding tert-OH is 1. The number of H-pyrrole nitrogens is 1. The summed E-state index contributed by atoms with van der Waals surface area (Å²) in [5.41, 5.74) is 1.06. The summed E-state index contributed by atoms with van der Waals surface area (Å²) in [7, 11) is 0. The van der Waals surface area contributed by atoms with Crippen molar-refractivity contribution >= 4 is 17.0 Å². The fraction of sp³-hybridized carbons (Fsp3) is 0.389. The Morgan fingerprint density at radius 2 is 2.00 bits per heavy atom. The van der Waals surface area contributed by atoms with Crippen LogP contribution < -0.4 is 10.9 Å². The smallest absolute Gasteiger partial charge is 0.263 e. The summed E-state index contributed by atoms with van der Waals surface area (Å²) in [6, 6.07) is 9.75. The van der Waals surface area contributed by atoms with Crippen LogP contribution in [0.2, 0.25) is 0 Å². The summed E-state index contributed by atoms with van der Waals surface area (Å²) in [4.78, 5) is 19.5. The van der Waals surface area contributed by atoms with Gasteiger partial charge in [-0.25, -0.2) is 4.68 Å². The first-order chi connectivity index (χ1) is 11.9. The van der Waals surface area contributed by atoms with Gasteiger partial charge in [0.2, 0.25) is 5.95 Å². The predicted molar refractivity (Wildman–Crippen MR) is 97.9 cm³/mol. The van der Waals surface area contributed by atoms with E-state index >= 15 is 0 Å². The molecule has 0 spiro atoms. The number of aliphatic hydroxyl groups is 1. The number of fused-ring (bicyclic) bond motifs is 1. The largest absolute Gasteiger partial charge is 0.396 e. The molecule has 132 valence electrons. The maximum Gasteiger partial charge on any atom is 0.263 e. The third-order valence-electron chi connectivity index (χ3n) is 4.08. The van der Waals surface area contributed by atoms with E-state index in [2.05, 4.69) is 20.4 Å². The van der Waals surface area contributed by atoms with E-state index in [1.165, 1.54) is 6.20 Å². The van der Waals surface area contributed by atoms with Crippen LogP contribution in [-0.4, -0.2) is 38.0 Å². The first kappa shape index (κ1) is 17.2. The molecule has 3 aromatic rings. The zero-order chi connectivity index (χ0) is 18.0. The molecule has 0 aliphatic carbocycles. The van der Waals surface area contributed by atoms with E-state index < -0.39 is 0 Å². The third-order valence-corrected chi connectivity index (χ3v) is 4.08. The van der Waals surface area contributed by atoms with Gasteiger partial charge in [-0.2, -0.15) is 10.1 Å². The topological polar surface area (TPSA) is 95.8 Å². The minimum absolute atomic E-state index is 0.00339. The van der Waals surface area contributed by atoms with Crippen LogP contribution in [0.5, 0.6) is 0 Å². The fourth-order valence-electron chi connectivity index (χ4n) is 2.73. The summed E-state index contributed by atoms with van der Waals surface area (Å²) in [5, 5.41) is 17.5. The Bertz CT molecular complexity index is 909. The van der Waals surface area contributed by atoms with Gasteiger partial charge in [-0.3, -0.25) is 9.78 Å². The second-order valence-electron chi connectivity index (χ2n) is 7.05. The standard InChI is InChI=1S/C18H23N5O2/c1-18(2,3)23-15-14(10-20-23)16(25)22-17(21-15)19-9-13(11-24)12-7-5-4-6-8-12/h4-8,10,13,24H,9,11H2,1-3H3,(H2,19,21,22,25). The minimum Gasteiger partial charge on any atom is -0.396 e. The summed E-state index contributed by atoms with van der Waals surface area (Å²) in [6.45, 7) is 6.48. The van der Waals surface area contributed by atoms with Gasteiger partial charge in [-0.1, -0.05) is 30.3 Å². The highest BCUT2D eigenvalue weighted by Gasteiger charge is 2.20. The molecule has 0 fully saturated rings. The van der Waals surface area contributed by atoms with E-state index in [-0.39, 0.29) is 23.6 Å². The average Bonchev–Trinajstić information content (AvgIpc) is 3.01. The third kappa shape index (κ3) is 3.56. The van der Waals surface area contributed by atoms with Crippen LogP contribution in [0.1, 0.15) is 32.3 Å². The molecule has 2 aromatic heterocycles. The summed E-state index contributed by atoms with van der Waals surface area (Å²) in [5.74, 6) is 0.285. The second kappa shape index (κ2) is 6.68. The van der Waals surface area contributed by atoms with E-state index in [0.29, 0.717) is 23.5 Å². The highest BCUT2D eigenvalue weighted by molar-refractivity contribution is 5.74. The monoisotopic (exact) mass is 341 g/mol. The van der Waals surface area contributed by atoms with Crippen molar-refractivity contribution < 1.29 is 5.11 Å². The number of nitrogens with one attached hydrogen (secondary N) is 2. The quantitative estimate of drug-likeness (QED) is 0.660. The number of nitrogens with zero attached hydrogens (tertiary/aromatic N) is 3. The minimum atomic E-state index is -0.280. The van der Waals surface area contributed by atoms with Gasteiger partial charge >= 0.3 is 0 Å². The second-order valence-corrected chi connectivity index (χ2v) is 7.05. The molecule has 0 saturated heterocycles. The van der Waals surface area contributed by atoms with Crippen molar-refractivity contribution in [1.82, 2.24) is 19.7 Å². The number of hydrogen-bond donors (Lipinski definition) is 3. The van der Waals surface area contributed by atoms with Gasteiger partial charge < -0.3 is 10.4 Å². The first-order valence-electron chi connectivity index (χ1n) is 8.28. The maximum absolute atomic E-state index is 12.3. The number of aromatic nitrogens is 4. The van der Waals surface area contributed by atoms with Gasteiger partial charge in [0.25, 0.3) is 5.56 Å². The average molecular weight is 341 g/mol. The predicted octanol–water partition coefficient (Wildman–Crippen LogP) is 2.06. The number of aromatic amines is 1. The zero-order valence-electron chi connectivity index (χ0n) is 14.7. The van der Waals surface area contributed by atoms with Crippen LogP contribution in [-0.2, 0) is 5.54 Å². The van der Waals surface area contributed by atoms with Crippen LogP contribution in [0.4, 0.5) is 5.95 Å². The molecule has 7 nitrogen and oxygen atoms in total. The molecule has 25 heavy (non-hydrogen) atoms. The van der Waals surface area contributed by atoms with Gasteiger partial charge in [-0.05, 0) is 26.3 Å². The Balaban J connectivity index is 1.88. The highest BCUT2D eigenvalue weighted by atomic mass is 16.3. The summed E-state index contributed by atoms with van der Waals surface area (Å²) < 4.78 is 1.74. The van der Waals surface area contributed by atoms with Crippen molar-refractivity contribution in [3.05, 3.63) is 52.4 Å². The number of anilines is 1. The van der Waals surface area contributed by atoms with Crippen LogP contribution in [0.25, 0.3) is 11.0 Å². The van der Waals surface area contributed by atoms with E-state index in [1.54, 1.807) is 4.68 Å². The van der Waals surface area contributed by atoms with Crippen molar-refractivity contribution in [2.45, 2.75) is 32.2 Å². The first-order valence-corrected chi connectivity index (χ1v) is 8.28. The van der Waals surface area contributed by atoms with Crippen LogP contribution >= 0.6 is 0 Å². The van der Waals surface area contributed by atoms with E-state index in [1.807, 2.05) is 51.1 Å². The molecule has 3 rings (SSSR count). The lowest BCUT2D eigenvalue weighted by atomic mass is 10.0. The number of benzene rings is 1. The Morgan fingerprint density at radius 1 is 1.28 bits per heavy atom. The molecule has 3 N–H and O–H groups in total. The molecular weight excluding hydrogens is 318 g/mol. The number of rotatable bonds is 5. The normalized spacial score (nSPS) is 13.1. The maximum atomic E-state index is 12.3. The lowest BCUT2D eigenvalue weighted by molar-refractivity contribution is 0.270. The Labute approximate surface area is 145 Å². The van der Waals surface area contributed by atoms with Crippen molar-refractivity contribution in [1.29, 1.82) is 0 Å². The SMILES string of the molecule is CC(C)(C)n1ncc2c(=O)[nH]c(NCC(CO)c3ccccc3)nc21. The van der Waals surface area contributed by atoms with Crippen LogP contribution in [0.15, 0.2) is 41.3 Å². The molecule has 0 radical (unpaired) electrons. The lowest BCUT2D eigenvalue weighted by Crippen LogP contribution is -2.25.